The second-order valence-electron chi connectivity index (χ2n) is 10.1. The van der Waals surface area contributed by atoms with E-state index in [1.54, 1.807) is 0 Å². The van der Waals surface area contributed by atoms with E-state index in [1.165, 1.54) is 11.1 Å². The summed E-state index contributed by atoms with van der Waals surface area (Å²) in [6, 6.07) is 39.6. The molecule has 1 aliphatic heterocycles. The van der Waals surface area contributed by atoms with Crippen LogP contribution in [0.1, 0.15) is 22.7 Å². The SMILES string of the molecule is Br.N=c1n(CC(=O)N2CCN(C(c3ccccc3)c3ccccc3)CC2)c2ccccc2n1Cc1ccccc1. The first-order chi connectivity index (χ1) is 19.2. The first kappa shape index (κ1) is 27.6. The van der Waals surface area contributed by atoms with Crippen LogP contribution in [0, 0.1) is 5.41 Å². The molecule has 0 bridgehead atoms. The standard InChI is InChI=1S/C33H33N5O.BrH/c34-33-37(24-26-12-4-1-5-13-26)29-18-10-11-19-30(29)38(33)25-31(39)35-20-22-36(23-21-35)32(27-14-6-2-7-15-27)28-16-8-3-9-17-28;/h1-19,32,34H,20-25H2;1H. The molecule has 0 radical (unpaired) electrons. The number of imidazole rings is 1. The number of nitrogens with one attached hydrogen (secondary N) is 1. The molecule has 0 spiro atoms. The van der Waals surface area contributed by atoms with E-state index in [9.17, 15) is 4.79 Å². The van der Waals surface area contributed by atoms with Gasteiger partial charge >= 0.3 is 0 Å². The van der Waals surface area contributed by atoms with Crippen molar-refractivity contribution in [2.45, 2.75) is 19.1 Å². The van der Waals surface area contributed by atoms with Crippen LogP contribution in [0.4, 0.5) is 0 Å². The number of piperazine rings is 1. The number of hydrogen-bond donors (Lipinski definition) is 1. The van der Waals surface area contributed by atoms with Gasteiger partial charge in [0, 0.05) is 26.2 Å². The average molecular weight is 597 g/mol. The lowest BCUT2D eigenvalue weighted by Gasteiger charge is -2.39. The third-order valence-electron chi connectivity index (χ3n) is 7.71. The van der Waals surface area contributed by atoms with Crippen LogP contribution in [-0.2, 0) is 17.9 Å². The zero-order chi connectivity index (χ0) is 26.6. The summed E-state index contributed by atoms with van der Waals surface area (Å²) in [6.07, 6.45) is 0. The molecule has 4 aromatic carbocycles. The van der Waals surface area contributed by atoms with E-state index in [-0.39, 0.29) is 35.5 Å². The Morgan fingerprint density at radius 1 is 0.650 bits per heavy atom. The van der Waals surface area contributed by atoms with Crippen molar-refractivity contribution in [3.8, 4) is 0 Å². The molecule has 1 aromatic heterocycles. The van der Waals surface area contributed by atoms with E-state index < -0.39 is 0 Å². The Hall–Kier alpha value is -3.94. The molecule has 0 saturated carbocycles. The molecule has 6 nitrogen and oxygen atoms in total. The number of amides is 1. The Labute approximate surface area is 245 Å². The van der Waals surface area contributed by atoms with Crippen LogP contribution in [-0.4, -0.2) is 51.0 Å². The number of rotatable bonds is 7. The van der Waals surface area contributed by atoms with Gasteiger partial charge in [0.25, 0.3) is 0 Å². The molecule has 7 heteroatoms. The molecule has 0 atom stereocenters. The molecule has 6 rings (SSSR count). The van der Waals surface area contributed by atoms with Crippen LogP contribution in [0.15, 0.2) is 115 Å². The first-order valence-electron chi connectivity index (χ1n) is 13.6. The predicted octanol–water partition coefficient (Wildman–Crippen LogP) is 5.48. The van der Waals surface area contributed by atoms with Gasteiger partial charge in [-0.25, -0.2) is 0 Å². The first-order valence-corrected chi connectivity index (χ1v) is 13.6. The molecule has 1 aliphatic rings. The van der Waals surface area contributed by atoms with E-state index >= 15 is 0 Å². The van der Waals surface area contributed by atoms with Crippen LogP contribution in [0.3, 0.4) is 0 Å². The molecular weight excluding hydrogens is 562 g/mol. The normalized spacial score (nSPS) is 13.9. The van der Waals surface area contributed by atoms with Gasteiger partial charge in [-0.05, 0) is 28.8 Å². The molecule has 1 amide bonds. The van der Waals surface area contributed by atoms with E-state index in [4.69, 9.17) is 5.41 Å². The Morgan fingerprint density at radius 3 is 1.68 bits per heavy atom. The molecule has 1 saturated heterocycles. The Balaban J connectivity index is 0.00000323. The van der Waals surface area contributed by atoms with Crippen molar-refractivity contribution >= 4 is 33.9 Å². The molecule has 0 aliphatic carbocycles. The van der Waals surface area contributed by atoms with Crippen molar-refractivity contribution in [1.29, 1.82) is 5.41 Å². The minimum Gasteiger partial charge on any atom is -0.339 e. The maximum atomic E-state index is 13.5. The summed E-state index contributed by atoms with van der Waals surface area (Å²) in [4.78, 5) is 18.0. The highest BCUT2D eigenvalue weighted by atomic mass is 79.9. The topological polar surface area (TPSA) is 57.3 Å². The minimum absolute atomic E-state index is 0. The third-order valence-corrected chi connectivity index (χ3v) is 7.71. The van der Waals surface area contributed by atoms with E-state index in [1.807, 2.05) is 56.5 Å². The molecule has 0 unspecified atom stereocenters. The summed E-state index contributed by atoms with van der Waals surface area (Å²) < 4.78 is 3.84. The van der Waals surface area contributed by atoms with Crippen LogP contribution in [0.2, 0.25) is 0 Å². The number of hydrogen-bond acceptors (Lipinski definition) is 3. The van der Waals surface area contributed by atoms with E-state index in [0.29, 0.717) is 25.3 Å². The highest BCUT2D eigenvalue weighted by Crippen LogP contribution is 2.29. The van der Waals surface area contributed by atoms with Gasteiger partial charge in [0.2, 0.25) is 11.5 Å². The summed E-state index contributed by atoms with van der Waals surface area (Å²) in [5.41, 5.74) is 5.90. The number of carbonyl (C=O) groups excluding carboxylic acids is 1. The van der Waals surface area contributed by atoms with Gasteiger partial charge < -0.3 is 14.0 Å². The number of nitrogens with zero attached hydrogens (tertiary/aromatic N) is 4. The largest absolute Gasteiger partial charge is 0.339 e. The number of para-hydroxylation sites is 2. The number of fused-ring (bicyclic) bond motifs is 1. The van der Waals surface area contributed by atoms with Gasteiger partial charge in [-0.3, -0.25) is 15.1 Å². The fraction of sp³-hybridized carbons (Fsp3) is 0.212. The maximum absolute atomic E-state index is 13.5. The minimum atomic E-state index is 0. The van der Waals surface area contributed by atoms with Crippen molar-refractivity contribution in [1.82, 2.24) is 18.9 Å². The number of carbonyl (C=O) groups is 1. The number of halogens is 1. The zero-order valence-electron chi connectivity index (χ0n) is 22.4. The van der Waals surface area contributed by atoms with Crippen molar-refractivity contribution in [2.75, 3.05) is 26.2 Å². The monoisotopic (exact) mass is 595 g/mol. The predicted molar refractivity (Wildman–Crippen MR) is 165 cm³/mol. The quantitative estimate of drug-likeness (QED) is 0.271. The summed E-state index contributed by atoms with van der Waals surface area (Å²) in [6.45, 7) is 3.71. The van der Waals surface area contributed by atoms with Crippen LogP contribution in [0.5, 0.6) is 0 Å². The molecule has 1 fully saturated rings. The molecule has 5 aromatic rings. The molecule has 1 N–H and O–H groups in total. The molecule has 40 heavy (non-hydrogen) atoms. The average Bonchev–Trinajstić information content (AvgIpc) is 3.25. The molecular formula is C33H34BrN5O. The molecule has 204 valence electrons. The van der Waals surface area contributed by atoms with Crippen LogP contribution < -0.4 is 5.62 Å². The third kappa shape index (κ3) is 5.67. The zero-order valence-corrected chi connectivity index (χ0v) is 24.1. The number of aromatic nitrogens is 2. The van der Waals surface area contributed by atoms with Gasteiger partial charge in [0.1, 0.15) is 6.54 Å². The number of benzene rings is 4. The Kier molecular flexibility index (Phi) is 8.63. The van der Waals surface area contributed by atoms with E-state index in [2.05, 4.69) is 77.7 Å². The van der Waals surface area contributed by atoms with Gasteiger partial charge in [-0.1, -0.05) is 103 Å². The van der Waals surface area contributed by atoms with E-state index in [0.717, 1.165) is 29.7 Å². The summed E-state index contributed by atoms with van der Waals surface area (Å²) in [7, 11) is 0. The summed E-state index contributed by atoms with van der Waals surface area (Å²) in [5, 5.41) is 8.96. The van der Waals surface area contributed by atoms with Crippen molar-refractivity contribution in [3.63, 3.8) is 0 Å². The highest BCUT2D eigenvalue weighted by Gasteiger charge is 2.28. The van der Waals surface area contributed by atoms with Crippen molar-refractivity contribution < 1.29 is 4.79 Å². The summed E-state index contributed by atoms with van der Waals surface area (Å²) >= 11 is 0. The van der Waals surface area contributed by atoms with Gasteiger partial charge in [-0.15, -0.1) is 17.0 Å². The fourth-order valence-electron chi connectivity index (χ4n) is 5.73. The van der Waals surface area contributed by atoms with Crippen LogP contribution in [0.25, 0.3) is 11.0 Å². The van der Waals surface area contributed by atoms with Gasteiger partial charge in [0.05, 0.1) is 23.6 Å². The van der Waals surface area contributed by atoms with Gasteiger partial charge in [-0.2, -0.15) is 0 Å². The second-order valence-corrected chi connectivity index (χ2v) is 10.1. The highest BCUT2D eigenvalue weighted by molar-refractivity contribution is 8.93. The van der Waals surface area contributed by atoms with Crippen LogP contribution >= 0.6 is 17.0 Å². The lowest BCUT2D eigenvalue weighted by Crippen LogP contribution is -2.51. The summed E-state index contributed by atoms with van der Waals surface area (Å²) in [5.74, 6) is 0.0618. The van der Waals surface area contributed by atoms with Crippen molar-refractivity contribution in [2.24, 2.45) is 0 Å². The Morgan fingerprint density at radius 2 is 1.12 bits per heavy atom. The maximum Gasteiger partial charge on any atom is 0.242 e. The van der Waals surface area contributed by atoms with Crippen molar-refractivity contribution in [3.05, 3.63) is 138 Å². The van der Waals surface area contributed by atoms with Gasteiger partial charge in [0.15, 0.2) is 0 Å². The smallest absolute Gasteiger partial charge is 0.242 e. The Bertz CT molecular complexity index is 1570. The lowest BCUT2D eigenvalue weighted by molar-refractivity contribution is -0.133. The fourth-order valence-corrected chi connectivity index (χ4v) is 5.73. The second kappa shape index (κ2) is 12.5. The molecule has 2 heterocycles. The lowest BCUT2D eigenvalue weighted by atomic mass is 9.96.